The van der Waals surface area contributed by atoms with E-state index in [4.69, 9.17) is 4.43 Å². The lowest BCUT2D eigenvalue weighted by Gasteiger charge is -2.07. The minimum absolute atomic E-state index is 0.676. The molecule has 1 nitrogen and oxygen atoms in total. The van der Waals surface area contributed by atoms with E-state index >= 15 is 0 Å². The molecule has 0 amide bonds. The summed E-state index contributed by atoms with van der Waals surface area (Å²) in [5.74, 6) is 0. The van der Waals surface area contributed by atoms with Crippen molar-refractivity contribution in [1.82, 2.24) is 0 Å². The molecule has 0 aliphatic rings. The first kappa shape index (κ1) is 9.96. The molecule has 0 spiro atoms. The predicted molar refractivity (Wildman–Crippen MR) is 61.4 cm³/mol. The molecule has 0 aliphatic carbocycles. The third kappa shape index (κ3) is 2.17. The third-order valence-corrected chi connectivity index (χ3v) is 2.24. The summed E-state index contributed by atoms with van der Waals surface area (Å²) in [6, 6.07) is 6.10. The molecule has 0 fully saturated rings. The topological polar surface area (TPSA) is 9.23 Å². The van der Waals surface area contributed by atoms with E-state index in [1.807, 2.05) is 24.3 Å². The van der Waals surface area contributed by atoms with Crippen LogP contribution in [0.15, 0.2) is 31.4 Å². The third-order valence-electron chi connectivity index (χ3n) is 1.95. The molecule has 1 aromatic rings. The van der Waals surface area contributed by atoms with Crippen molar-refractivity contribution in [1.29, 1.82) is 0 Å². The van der Waals surface area contributed by atoms with Gasteiger partial charge in [0.1, 0.15) is 10.5 Å². The fourth-order valence-electron chi connectivity index (χ4n) is 1.34. The first-order valence-corrected chi connectivity index (χ1v) is 5.00. The predicted octanol–water partition coefficient (Wildman–Crippen LogP) is 1.77. The van der Waals surface area contributed by atoms with Crippen LogP contribution in [0.1, 0.15) is 16.7 Å². The monoisotopic (exact) mass is 190 g/mol. The zero-order valence-corrected chi connectivity index (χ0v) is 9.92. The molecular formula is C11H14OSi. The van der Waals surface area contributed by atoms with E-state index in [1.54, 1.807) is 0 Å². The number of hydrogen-bond donors (Lipinski definition) is 0. The number of hydrogen-bond acceptors (Lipinski definition) is 1. The van der Waals surface area contributed by atoms with Crippen molar-refractivity contribution in [3.63, 3.8) is 0 Å². The Morgan fingerprint density at radius 3 is 2.62 bits per heavy atom. The summed E-state index contributed by atoms with van der Waals surface area (Å²) in [4.78, 5) is 0. The van der Waals surface area contributed by atoms with Gasteiger partial charge in [0.2, 0.25) is 0 Å². The average molecular weight is 190 g/mol. The quantitative estimate of drug-likeness (QED) is 0.658. The van der Waals surface area contributed by atoms with Crippen molar-refractivity contribution in [2.24, 2.45) is 0 Å². The van der Waals surface area contributed by atoms with Crippen molar-refractivity contribution in [3.8, 4) is 0 Å². The van der Waals surface area contributed by atoms with Crippen molar-refractivity contribution in [3.05, 3.63) is 48.0 Å². The Hall–Kier alpha value is -1.12. The van der Waals surface area contributed by atoms with Gasteiger partial charge in [0.05, 0.1) is 6.61 Å². The maximum atomic E-state index is 5.23. The van der Waals surface area contributed by atoms with Crippen LogP contribution in [-0.2, 0) is 11.0 Å². The molecule has 0 atom stereocenters. The second kappa shape index (κ2) is 4.79. The second-order valence-corrected chi connectivity index (χ2v) is 3.34. The molecule has 0 N–H and O–H groups in total. The van der Waals surface area contributed by atoms with E-state index in [0.717, 1.165) is 21.6 Å². The van der Waals surface area contributed by atoms with Crippen LogP contribution in [0, 0.1) is 0 Å². The van der Waals surface area contributed by atoms with Crippen LogP contribution >= 0.6 is 0 Å². The zero-order chi connectivity index (χ0) is 9.68. The summed E-state index contributed by atoms with van der Waals surface area (Å²) in [5.41, 5.74) is 3.43. The van der Waals surface area contributed by atoms with E-state index in [0.29, 0.717) is 6.61 Å². The van der Waals surface area contributed by atoms with E-state index in [1.165, 1.54) is 5.56 Å². The van der Waals surface area contributed by atoms with Gasteiger partial charge >= 0.3 is 0 Å². The van der Waals surface area contributed by atoms with Gasteiger partial charge in [-0.2, -0.15) is 0 Å². The molecule has 0 aliphatic heterocycles. The molecule has 1 aromatic carbocycles. The molecule has 0 aromatic heterocycles. The molecule has 0 saturated carbocycles. The van der Waals surface area contributed by atoms with E-state index < -0.39 is 0 Å². The van der Waals surface area contributed by atoms with Gasteiger partial charge in [0.25, 0.3) is 0 Å². The van der Waals surface area contributed by atoms with Crippen LogP contribution in [0.2, 0.25) is 0 Å². The van der Waals surface area contributed by atoms with Crippen LogP contribution < -0.4 is 0 Å². The number of benzene rings is 1. The molecule has 68 valence electrons. The second-order valence-electron chi connectivity index (χ2n) is 2.76. The maximum Gasteiger partial charge on any atom is 0.146 e. The fraction of sp³-hybridized carbons (Fsp3) is 0.0909. The van der Waals surface area contributed by atoms with Crippen molar-refractivity contribution in [2.75, 3.05) is 0 Å². The van der Waals surface area contributed by atoms with Gasteiger partial charge in [-0.05, 0) is 16.7 Å². The van der Waals surface area contributed by atoms with Gasteiger partial charge in [-0.25, -0.2) is 0 Å². The smallest absolute Gasteiger partial charge is 0.146 e. The minimum Gasteiger partial charge on any atom is -0.424 e. The largest absolute Gasteiger partial charge is 0.424 e. The van der Waals surface area contributed by atoms with E-state index in [2.05, 4.69) is 19.2 Å². The standard InChI is InChI=1S/C11H14OSi/c1-3-9-6-5-7-10(8-12-13)11(9)4-2/h3-7H,1-2,8H2,13H3. The Labute approximate surface area is 82.3 Å². The lowest BCUT2D eigenvalue weighted by molar-refractivity contribution is 0.338. The Morgan fingerprint density at radius 1 is 1.31 bits per heavy atom. The van der Waals surface area contributed by atoms with Gasteiger partial charge in [-0.15, -0.1) is 0 Å². The minimum atomic E-state index is 0.676. The maximum absolute atomic E-state index is 5.23. The molecule has 0 radical (unpaired) electrons. The SMILES string of the molecule is C=Cc1cccc(CO[SiH3])c1C=C. The molecule has 1 rings (SSSR count). The highest BCUT2D eigenvalue weighted by Gasteiger charge is 2.01. The summed E-state index contributed by atoms with van der Waals surface area (Å²) in [6.07, 6.45) is 3.69. The molecule has 0 heterocycles. The summed E-state index contributed by atoms with van der Waals surface area (Å²) in [7, 11) is 0.764. The van der Waals surface area contributed by atoms with Gasteiger partial charge in [-0.1, -0.05) is 43.5 Å². The van der Waals surface area contributed by atoms with Gasteiger partial charge in [-0.3, -0.25) is 0 Å². The number of rotatable bonds is 4. The first-order valence-electron chi connectivity index (χ1n) is 4.19. The molecule has 13 heavy (non-hydrogen) atoms. The molecule has 0 unspecified atom stereocenters. The highest BCUT2D eigenvalue weighted by atomic mass is 28.2. The van der Waals surface area contributed by atoms with Crippen molar-refractivity contribution in [2.45, 2.75) is 6.61 Å². The fourth-order valence-corrected chi connectivity index (χ4v) is 1.65. The van der Waals surface area contributed by atoms with Gasteiger partial charge in [0.15, 0.2) is 0 Å². The lowest BCUT2D eigenvalue weighted by Crippen LogP contribution is -1.94. The summed E-state index contributed by atoms with van der Waals surface area (Å²) in [6.45, 7) is 8.23. The normalized spacial score (nSPS) is 9.85. The summed E-state index contributed by atoms with van der Waals surface area (Å²) in [5, 5.41) is 0. The Morgan fingerprint density at radius 2 is 2.08 bits per heavy atom. The Kier molecular flexibility index (Phi) is 3.67. The average Bonchev–Trinajstić information content (AvgIpc) is 2.18. The van der Waals surface area contributed by atoms with Crippen LogP contribution in [-0.4, -0.2) is 10.5 Å². The zero-order valence-electron chi connectivity index (χ0n) is 7.92. The van der Waals surface area contributed by atoms with Gasteiger partial charge < -0.3 is 4.43 Å². The molecule has 0 bridgehead atoms. The summed E-state index contributed by atoms with van der Waals surface area (Å²) >= 11 is 0. The Balaban J connectivity index is 3.18. The first-order chi connectivity index (χ1) is 6.33. The summed E-state index contributed by atoms with van der Waals surface area (Å²) < 4.78 is 5.23. The highest BCUT2D eigenvalue weighted by molar-refractivity contribution is 5.97. The highest BCUT2D eigenvalue weighted by Crippen LogP contribution is 2.17. The van der Waals surface area contributed by atoms with E-state index in [9.17, 15) is 0 Å². The van der Waals surface area contributed by atoms with Crippen molar-refractivity contribution < 1.29 is 4.43 Å². The molecule has 0 saturated heterocycles. The van der Waals surface area contributed by atoms with Crippen LogP contribution in [0.4, 0.5) is 0 Å². The van der Waals surface area contributed by atoms with Gasteiger partial charge in [0, 0.05) is 0 Å². The van der Waals surface area contributed by atoms with Crippen molar-refractivity contribution >= 4 is 22.6 Å². The van der Waals surface area contributed by atoms with Crippen LogP contribution in [0.3, 0.4) is 0 Å². The van der Waals surface area contributed by atoms with E-state index in [-0.39, 0.29) is 0 Å². The van der Waals surface area contributed by atoms with Crippen LogP contribution in [0.5, 0.6) is 0 Å². The lowest BCUT2D eigenvalue weighted by atomic mass is 10.0. The Bertz CT molecular complexity index is 318. The molecular weight excluding hydrogens is 176 g/mol. The van der Waals surface area contributed by atoms with Crippen LogP contribution in [0.25, 0.3) is 12.2 Å². The molecule has 2 heteroatoms.